The predicted octanol–water partition coefficient (Wildman–Crippen LogP) is 4.79. The molecule has 1 atom stereocenters. The van der Waals surface area contributed by atoms with Gasteiger partial charge in [-0.1, -0.05) is 51.1 Å². The van der Waals surface area contributed by atoms with Gasteiger partial charge in [0.1, 0.15) is 5.82 Å². The summed E-state index contributed by atoms with van der Waals surface area (Å²) >= 11 is 0. The highest BCUT2D eigenvalue weighted by atomic mass is 19.1. The molecule has 0 aliphatic carbocycles. The summed E-state index contributed by atoms with van der Waals surface area (Å²) in [7, 11) is 0. The Labute approximate surface area is 127 Å². The molecule has 1 nitrogen and oxygen atoms in total. The van der Waals surface area contributed by atoms with Gasteiger partial charge in [0.05, 0.1) is 6.04 Å². The van der Waals surface area contributed by atoms with Gasteiger partial charge in [0.25, 0.3) is 0 Å². The van der Waals surface area contributed by atoms with E-state index >= 15 is 0 Å². The molecular formula is C19H24FN. The van der Waals surface area contributed by atoms with Crippen molar-refractivity contribution >= 4 is 0 Å². The highest BCUT2D eigenvalue weighted by Gasteiger charge is 2.18. The van der Waals surface area contributed by atoms with E-state index in [2.05, 4.69) is 32.9 Å². The molecule has 2 rings (SSSR count). The summed E-state index contributed by atoms with van der Waals surface area (Å²) in [5.74, 6) is -0.222. The second-order valence-corrected chi connectivity index (χ2v) is 6.83. The van der Waals surface area contributed by atoms with Crippen LogP contribution in [-0.4, -0.2) is 0 Å². The quantitative estimate of drug-likeness (QED) is 0.843. The van der Waals surface area contributed by atoms with Gasteiger partial charge in [-0.3, -0.25) is 0 Å². The van der Waals surface area contributed by atoms with E-state index in [0.29, 0.717) is 5.56 Å². The first-order valence-corrected chi connectivity index (χ1v) is 7.33. The zero-order valence-electron chi connectivity index (χ0n) is 13.5. The van der Waals surface area contributed by atoms with E-state index in [1.807, 2.05) is 32.0 Å². The largest absolute Gasteiger partial charge is 0.320 e. The Morgan fingerprint density at radius 2 is 1.57 bits per heavy atom. The van der Waals surface area contributed by atoms with Crippen LogP contribution in [0.2, 0.25) is 0 Å². The van der Waals surface area contributed by atoms with Crippen LogP contribution in [0.5, 0.6) is 0 Å². The van der Waals surface area contributed by atoms with Gasteiger partial charge in [-0.15, -0.1) is 0 Å². The number of halogens is 1. The summed E-state index contributed by atoms with van der Waals surface area (Å²) in [6.07, 6.45) is 0. The molecule has 0 bridgehead atoms. The van der Waals surface area contributed by atoms with Gasteiger partial charge >= 0.3 is 0 Å². The van der Waals surface area contributed by atoms with Crippen molar-refractivity contribution in [1.82, 2.24) is 0 Å². The number of aryl methyl sites for hydroxylation is 2. The normalized spacial score (nSPS) is 13.3. The Morgan fingerprint density at radius 3 is 2.05 bits per heavy atom. The van der Waals surface area contributed by atoms with Gasteiger partial charge in [-0.25, -0.2) is 4.39 Å². The lowest BCUT2D eigenvalue weighted by molar-refractivity contribution is 0.587. The standard InChI is InChI=1S/C19H24FN/c1-12-10-13(2)17(16(20)11-12)18(21)14-6-8-15(9-7-14)19(3,4)5/h6-11,18H,21H2,1-5H3. The van der Waals surface area contributed by atoms with Crippen molar-refractivity contribution in [3.05, 3.63) is 70.0 Å². The first-order valence-electron chi connectivity index (χ1n) is 7.33. The minimum atomic E-state index is -0.431. The summed E-state index contributed by atoms with van der Waals surface area (Å²) in [5.41, 5.74) is 11.0. The molecule has 112 valence electrons. The zero-order valence-corrected chi connectivity index (χ0v) is 13.5. The number of rotatable bonds is 2. The van der Waals surface area contributed by atoms with E-state index in [1.165, 1.54) is 5.56 Å². The van der Waals surface area contributed by atoms with Crippen LogP contribution >= 0.6 is 0 Å². The molecule has 0 amide bonds. The summed E-state index contributed by atoms with van der Waals surface area (Å²) in [6, 6.07) is 11.3. The highest BCUT2D eigenvalue weighted by molar-refractivity contribution is 5.40. The Morgan fingerprint density at radius 1 is 1.00 bits per heavy atom. The fourth-order valence-electron chi connectivity index (χ4n) is 2.68. The third-order valence-corrected chi connectivity index (χ3v) is 3.93. The maximum Gasteiger partial charge on any atom is 0.128 e. The van der Waals surface area contributed by atoms with Crippen molar-refractivity contribution in [3.8, 4) is 0 Å². The molecule has 0 spiro atoms. The number of benzene rings is 2. The van der Waals surface area contributed by atoms with Crippen LogP contribution in [0.4, 0.5) is 4.39 Å². The van der Waals surface area contributed by atoms with Gasteiger partial charge in [0.15, 0.2) is 0 Å². The first kappa shape index (κ1) is 15.7. The number of hydrogen-bond donors (Lipinski definition) is 1. The van der Waals surface area contributed by atoms with Crippen LogP contribution < -0.4 is 5.73 Å². The Kier molecular flexibility index (Phi) is 4.20. The first-order chi connectivity index (χ1) is 9.70. The SMILES string of the molecule is Cc1cc(C)c(C(N)c2ccc(C(C)(C)C)cc2)c(F)c1. The lowest BCUT2D eigenvalue weighted by Crippen LogP contribution is -2.16. The molecule has 0 aliphatic heterocycles. The Hall–Kier alpha value is -1.67. The molecule has 0 fully saturated rings. The molecule has 21 heavy (non-hydrogen) atoms. The van der Waals surface area contributed by atoms with Crippen LogP contribution in [0.3, 0.4) is 0 Å². The fraction of sp³-hybridized carbons (Fsp3) is 0.368. The third kappa shape index (κ3) is 3.33. The molecule has 2 aromatic rings. The zero-order chi connectivity index (χ0) is 15.8. The summed E-state index contributed by atoms with van der Waals surface area (Å²) in [5, 5.41) is 0. The van der Waals surface area contributed by atoms with Crippen LogP contribution in [0.1, 0.15) is 54.6 Å². The second-order valence-electron chi connectivity index (χ2n) is 6.83. The van der Waals surface area contributed by atoms with Gasteiger partial charge in [0, 0.05) is 5.56 Å². The van der Waals surface area contributed by atoms with E-state index in [9.17, 15) is 4.39 Å². The smallest absolute Gasteiger partial charge is 0.128 e. The Balaban J connectivity index is 2.39. The maximum absolute atomic E-state index is 14.2. The van der Waals surface area contributed by atoms with Crippen molar-refractivity contribution in [3.63, 3.8) is 0 Å². The summed E-state index contributed by atoms with van der Waals surface area (Å²) in [6.45, 7) is 10.3. The average molecular weight is 285 g/mol. The molecule has 0 aromatic heterocycles. The summed E-state index contributed by atoms with van der Waals surface area (Å²) < 4.78 is 14.2. The molecule has 0 radical (unpaired) electrons. The van der Waals surface area contributed by atoms with Gasteiger partial charge in [0.2, 0.25) is 0 Å². The molecule has 2 N–H and O–H groups in total. The second kappa shape index (κ2) is 5.61. The number of nitrogens with two attached hydrogens (primary N) is 1. The van der Waals surface area contributed by atoms with E-state index < -0.39 is 6.04 Å². The van der Waals surface area contributed by atoms with Crippen LogP contribution in [-0.2, 0) is 5.41 Å². The molecule has 0 aliphatic rings. The van der Waals surface area contributed by atoms with Crippen molar-refractivity contribution in [2.75, 3.05) is 0 Å². The fourth-order valence-corrected chi connectivity index (χ4v) is 2.68. The number of hydrogen-bond acceptors (Lipinski definition) is 1. The summed E-state index contributed by atoms with van der Waals surface area (Å²) in [4.78, 5) is 0. The van der Waals surface area contributed by atoms with Gasteiger partial charge in [-0.2, -0.15) is 0 Å². The van der Waals surface area contributed by atoms with Crippen LogP contribution in [0.25, 0.3) is 0 Å². The topological polar surface area (TPSA) is 26.0 Å². The lowest BCUT2D eigenvalue weighted by atomic mass is 9.85. The minimum absolute atomic E-state index is 0.105. The minimum Gasteiger partial charge on any atom is -0.320 e. The molecule has 2 aromatic carbocycles. The molecular weight excluding hydrogens is 261 g/mol. The highest BCUT2D eigenvalue weighted by Crippen LogP contribution is 2.28. The average Bonchev–Trinajstić information content (AvgIpc) is 2.36. The molecule has 0 saturated carbocycles. The molecule has 0 saturated heterocycles. The van der Waals surface area contributed by atoms with Crippen molar-refractivity contribution < 1.29 is 4.39 Å². The maximum atomic E-state index is 14.2. The van der Waals surface area contributed by atoms with Gasteiger partial charge < -0.3 is 5.73 Å². The molecule has 2 heteroatoms. The predicted molar refractivity (Wildman–Crippen MR) is 87.0 cm³/mol. The third-order valence-electron chi connectivity index (χ3n) is 3.93. The van der Waals surface area contributed by atoms with Crippen LogP contribution in [0, 0.1) is 19.7 Å². The monoisotopic (exact) mass is 285 g/mol. The lowest BCUT2D eigenvalue weighted by Gasteiger charge is -2.21. The van der Waals surface area contributed by atoms with Gasteiger partial charge in [-0.05, 0) is 47.6 Å². The van der Waals surface area contributed by atoms with E-state index in [0.717, 1.165) is 16.7 Å². The molecule has 0 heterocycles. The van der Waals surface area contributed by atoms with E-state index in [4.69, 9.17) is 5.73 Å². The van der Waals surface area contributed by atoms with E-state index in [-0.39, 0.29) is 11.2 Å². The van der Waals surface area contributed by atoms with Crippen LogP contribution in [0.15, 0.2) is 36.4 Å². The van der Waals surface area contributed by atoms with E-state index in [1.54, 1.807) is 6.07 Å². The van der Waals surface area contributed by atoms with Crippen molar-refractivity contribution in [2.45, 2.75) is 46.1 Å². The Bertz CT molecular complexity index is 613. The van der Waals surface area contributed by atoms with Crippen molar-refractivity contribution in [1.29, 1.82) is 0 Å². The molecule has 1 unspecified atom stereocenters. The van der Waals surface area contributed by atoms with Crippen molar-refractivity contribution in [2.24, 2.45) is 5.73 Å².